The molecule has 0 radical (unpaired) electrons. The maximum absolute atomic E-state index is 12.9. The second-order valence-electron chi connectivity index (χ2n) is 6.92. The lowest BCUT2D eigenvalue weighted by Gasteiger charge is -2.14. The minimum Gasteiger partial charge on any atom is -0.489 e. The van der Waals surface area contributed by atoms with E-state index in [0.29, 0.717) is 37.9 Å². The Morgan fingerprint density at radius 3 is 2.31 bits per heavy atom. The summed E-state index contributed by atoms with van der Waals surface area (Å²) in [5, 5.41) is 1.08. The molecule has 1 heterocycles. The molecule has 1 saturated heterocycles. The van der Waals surface area contributed by atoms with Gasteiger partial charge in [0, 0.05) is 26.2 Å². The van der Waals surface area contributed by atoms with Crippen LogP contribution in [0.3, 0.4) is 0 Å². The van der Waals surface area contributed by atoms with E-state index in [1.165, 1.54) is 0 Å². The van der Waals surface area contributed by atoms with Crippen LogP contribution in [-0.4, -0.2) is 16.0 Å². The van der Waals surface area contributed by atoms with E-state index in [2.05, 4.69) is 0 Å². The molecule has 0 unspecified atom stereocenters. The largest absolute Gasteiger partial charge is 0.489 e. The van der Waals surface area contributed by atoms with Gasteiger partial charge in [0.25, 0.3) is 11.1 Å². The van der Waals surface area contributed by atoms with Gasteiger partial charge in [-0.15, -0.1) is 0 Å². The second kappa shape index (κ2) is 10.0. The Morgan fingerprint density at radius 1 is 0.875 bits per heavy atom. The highest BCUT2D eigenvalue weighted by Gasteiger charge is 2.35. The highest BCUT2D eigenvalue weighted by atomic mass is 35.5. The lowest BCUT2D eigenvalue weighted by molar-refractivity contribution is -0.123. The van der Waals surface area contributed by atoms with Crippen molar-refractivity contribution in [3.63, 3.8) is 0 Å². The topological polar surface area (TPSA) is 46.6 Å². The molecule has 0 atom stereocenters. The predicted molar refractivity (Wildman–Crippen MR) is 130 cm³/mol. The third-order valence-electron chi connectivity index (χ3n) is 4.76. The van der Waals surface area contributed by atoms with E-state index in [0.717, 1.165) is 27.8 Å². The Bertz CT molecular complexity index is 1210. The molecular formula is C24H16Cl3NO3S. The molecule has 1 aliphatic rings. The zero-order valence-electron chi connectivity index (χ0n) is 16.6. The molecule has 162 valence electrons. The molecular weight excluding hydrogens is 489 g/mol. The quantitative estimate of drug-likeness (QED) is 0.327. The number of nitrogens with zero attached hydrogens (tertiary/aromatic N) is 1. The van der Waals surface area contributed by atoms with Crippen molar-refractivity contribution in [2.24, 2.45) is 0 Å². The number of carbonyl (C=O) groups excluding carboxylic acids is 2. The number of halogens is 3. The van der Waals surface area contributed by atoms with Crippen molar-refractivity contribution in [2.45, 2.75) is 13.2 Å². The van der Waals surface area contributed by atoms with E-state index in [9.17, 15) is 9.59 Å². The molecule has 1 fully saturated rings. The molecule has 4 rings (SSSR count). The molecule has 1 aliphatic heterocycles. The smallest absolute Gasteiger partial charge is 0.293 e. The Hall–Kier alpha value is -2.44. The van der Waals surface area contributed by atoms with Crippen LogP contribution in [0.15, 0.2) is 71.6 Å². The number of carbonyl (C=O) groups is 2. The zero-order valence-corrected chi connectivity index (χ0v) is 19.6. The SMILES string of the molecule is O=C1S/C(=C/c2cccc(OCc3ccccc3Cl)c2)C(=O)N1Cc1c(Cl)cccc1Cl. The zero-order chi connectivity index (χ0) is 22.7. The number of hydrogen-bond donors (Lipinski definition) is 0. The van der Waals surface area contributed by atoms with Gasteiger partial charge in [-0.05, 0) is 53.7 Å². The molecule has 0 spiro atoms. The Kier molecular flexibility index (Phi) is 7.11. The maximum Gasteiger partial charge on any atom is 0.293 e. The standard InChI is InChI=1S/C24H16Cl3NO3S/c25-19-8-2-1-6-16(19)14-31-17-7-3-5-15(11-17)12-22-23(29)28(24(30)32-22)13-18-20(26)9-4-10-21(18)27/h1-12H,13-14H2/b22-12+. The van der Waals surface area contributed by atoms with Crippen LogP contribution >= 0.6 is 46.6 Å². The van der Waals surface area contributed by atoms with Gasteiger partial charge in [0.05, 0.1) is 11.4 Å². The van der Waals surface area contributed by atoms with E-state index in [1.54, 1.807) is 30.3 Å². The molecule has 0 bridgehead atoms. The van der Waals surface area contributed by atoms with Gasteiger partial charge in [0.15, 0.2) is 0 Å². The number of hydrogen-bond acceptors (Lipinski definition) is 4. The average molecular weight is 505 g/mol. The minimum absolute atomic E-state index is 0.0154. The maximum atomic E-state index is 12.9. The molecule has 8 heteroatoms. The minimum atomic E-state index is -0.390. The molecule has 4 nitrogen and oxygen atoms in total. The van der Waals surface area contributed by atoms with E-state index < -0.39 is 5.91 Å². The molecule has 3 aromatic carbocycles. The first-order valence-electron chi connectivity index (χ1n) is 9.57. The Labute approximate surface area is 204 Å². The third-order valence-corrected chi connectivity index (χ3v) is 6.74. The fourth-order valence-corrected chi connectivity index (χ4v) is 4.65. The van der Waals surface area contributed by atoms with E-state index in [-0.39, 0.29) is 11.8 Å². The van der Waals surface area contributed by atoms with Gasteiger partial charge < -0.3 is 4.74 Å². The molecule has 3 aromatic rings. The highest BCUT2D eigenvalue weighted by Crippen LogP contribution is 2.36. The Morgan fingerprint density at radius 2 is 1.56 bits per heavy atom. The summed E-state index contributed by atoms with van der Waals surface area (Å²) in [5.74, 6) is 0.235. The summed E-state index contributed by atoms with van der Waals surface area (Å²) in [6.45, 7) is 0.333. The Balaban J connectivity index is 1.49. The fourth-order valence-electron chi connectivity index (χ4n) is 3.10. The summed E-state index contributed by atoms with van der Waals surface area (Å²) in [6, 6.07) is 19.8. The van der Waals surface area contributed by atoms with Gasteiger partial charge in [-0.1, -0.05) is 71.2 Å². The summed E-state index contributed by atoms with van der Waals surface area (Å²) in [7, 11) is 0. The van der Waals surface area contributed by atoms with Crippen molar-refractivity contribution in [3.8, 4) is 5.75 Å². The summed E-state index contributed by atoms with van der Waals surface area (Å²) < 4.78 is 5.84. The van der Waals surface area contributed by atoms with Crippen molar-refractivity contribution in [3.05, 3.63) is 103 Å². The summed E-state index contributed by atoms with van der Waals surface area (Å²) in [5.41, 5.74) is 2.15. The second-order valence-corrected chi connectivity index (χ2v) is 9.14. The van der Waals surface area contributed by atoms with Gasteiger partial charge in [0.2, 0.25) is 0 Å². The number of benzene rings is 3. The summed E-state index contributed by atoms with van der Waals surface area (Å²) in [4.78, 5) is 26.8. The van der Waals surface area contributed by atoms with Crippen LogP contribution in [-0.2, 0) is 17.9 Å². The number of ether oxygens (including phenoxy) is 1. The molecule has 2 amide bonds. The van der Waals surface area contributed by atoms with Crippen LogP contribution in [0.1, 0.15) is 16.7 Å². The number of amides is 2. The van der Waals surface area contributed by atoms with Crippen molar-refractivity contribution < 1.29 is 14.3 Å². The fraction of sp³-hybridized carbons (Fsp3) is 0.0833. The first-order valence-corrected chi connectivity index (χ1v) is 11.5. The van der Waals surface area contributed by atoms with Gasteiger partial charge in [0.1, 0.15) is 12.4 Å². The predicted octanol–water partition coefficient (Wildman–Crippen LogP) is 7.46. The van der Waals surface area contributed by atoms with Crippen LogP contribution in [0.2, 0.25) is 15.1 Å². The lowest BCUT2D eigenvalue weighted by atomic mass is 10.2. The van der Waals surface area contributed by atoms with Crippen molar-refractivity contribution in [2.75, 3.05) is 0 Å². The first kappa shape index (κ1) is 22.7. The van der Waals surface area contributed by atoms with Crippen LogP contribution in [0.5, 0.6) is 5.75 Å². The van der Waals surface area contributed by atoms with Gasteiger partial charge in [-0.3, -0.25) is 14.5 Å². The number of rotatable bonds is 6. The van der Waals surface area contributed by atoms with Gasteiger partial charge in [-0.2, -0.15) is 0 Å². The van der Waals surface area contributed by atoms with Crippen molar-refractivity contribution in [1.29, 1.82) is 0 Å². The number of imide groups is 1. The van der Waals surface area contributed by atoms with Crippen LogP contribution in [0.4, 0.5) is 4.79 Å². The van der Waals surface area contributed by atoms with Crippen molar-refractivity contribution >= 4 is 63.8 Å². The van der Waals surface area contributed by atoms with Crippen LogP contribution in [0.25, 0.3) is 6.08 Å². The average Bonchev–Trinajstić information content (AvgIpc) is 3.03. The molecule has 0 aliphatic carbocycles. The van der Waals surface area contributed by atoms with Crippen molar-refractivity contribution in [1.82, 2.24) is 4.90 Å². The lowest BCUT2D eigenvalue weighted by Crippen LogP contribution is -2.27. The molecule has 0 N–H and O–H groups in total. The summed E-state index contributed by atoms with van der Waals surface area (Å²) in [6.07, 6.45) is 1.67. The third kappa shape index (κ3) is 5.13. The normalized spacial score (nSPS) is 15.0. The first-order chi connectivity index (χ1) is 15.4. The molecule has 0 saturated carbocycles. The van der Waals surface area contributed by atoms with E-state index >= 15 is 0 Å². The monoisotopic (exact) mass is 503 g/mol. The molecule has 0 aromatic heterocycles. The highest BCUT2D eigenvalue weighted by molar-refractivity contribution is 8.18. The van der Waals surface area contributed by atoms with Gasteiger partial charge >= 0.3 is 0 Å². The van der Waals surface area contributed by atoms with Gasteiger partial charge in [-0.25, -0.2) is 0 Å². The van der Waals surface area contributed by atoms with Crippen LogP contribution in [0, 0.1) is 0 Å². The van der Waals surface area contributed by atoms with E-state index in [1.807, 2.05) is 42.5 Å². The molecule has 32 heavy (non-hydrogen) atoms. The summed E-state index contributed by atoms with van der Waals surface area (Å²) >= 11 is 19.4. The number of thioether (sulfide) groups is 1. The van der Waals surface area contributed by atoms with Crippen LogP contribution < -0.4 is 4.74 Å². The van der Waals surface area contributed by atoms with E-state index in [4.69, 9.17) is 39.5 Å².